The van der Waals surface area contributed by atoms with Crippen LogP contribution in [0.3, 0.4) is 0 Å². The second-order valence-electron chi connectivity index (χ2n) is 17.0. The van der Waals surface area contributed by atoms with Crippen molar-refractivity contribution in [2.45, 2.75) is 26.2 Å². The molecule has 10 aromatic carbocycles. The van der Waals surface area contributed by atoms with Crippen molar-refractivity contribution < 1.29 is 0 Å². The molecule has 0 N–H and O–H groups in total. The summed E-state index contributed by atoms with van der Waals surface area (Å²) in [5.74, 6) is 0. The lowest BCUT2D eigenvalue weighted by Crippen LogP contribution is -2.10. The van der Waals surface area contributed by atoms with Gasteiger partial charge in [-0.25, -0.2) is 0 Å². The Morgan fingerprint density at radius 1 is 0.328 bits per heavy atom. The van der Waals surface area contributed by atoms with Crippen LogP contribution in [-0.2, 0) is 5.41 Å². The van der Waals surface area contributed by atoms with Crippen LogP contribution >= 0.6 is 0 Å². The average molecular weight is 741 g/mol. The van der Waals surface area contributed by atoms with Crippen molar-refractivity contribution in [3.63, 3.8) is 0 Å². The second-order valence-corrected chi connectivity index (χ2v) is 17.0. The van der Waals surface area contributed by atoms with Gasteiger partial charge in [0.15, 0.2) is 0 Å². The van der Waals surface area contributed by atoms with Crippen LogP contribution in [0.1, 0.15) is 26.3 Å². The Kier molecular flexibility index (Phi) is 6.93. The maximum Gasteiger partial charge on any atom is 0.0541 e. The molecule has 12 aromatic rings. The first-order valence-electron chi connectivity index (χ1n) is 20.3. The van der Waals surface area contributed by atoms with E-state index in [4.69, 9.17) is 0 Å². The average Bonchev–Trinajstić information content (AvgIpc) is 3.78. The highest BCUT2D eigenvalue weighted by Crippen LogP contribution is 2.46. The minimum absolute atomic E-state index is 0.0429. The molecule has 0 radical (unpaired) electrons. The van der Waals surface area contributed by atoms with Crippen molar-refractivity contribution in [2.75, 3.05) is 0 Å². The Morgan fingerprint density at radius 3 is 1.19 bits per heavy atom. The van der Waals surface area contributed by atoms with Gasteiger partial charge >= 0.3 is 0 Å². The second kappa shape index (κ2) is 12.2. The van der Waals surface area contributed by atoms with Crippen LogP contribution in [0.25, 0.3) is 110 Å². The molecule has 0 saturated carbocycles. The molecule has 0 aliphatic heterocycles. The Morgan fingerprint density at radius 2 is 0.741 bits per heavy atom. The fourth-order valence-corrected chi connectivity index (χ4v) is 9.85. The number of aromatic nitrogens is 2. The van der Waals surface area contributed by atoms with E-state index in [-0.39, 0.29) is 5.41 Å². The highest BCUT2D eigenvalue weighted by Gasteiger charge is 2.22. The monoisotopic (exact) mass is 740 g/mol. The van der Waals surface area contributed by atoms with Gasteiger partial charge < -0.3 is 9.13 Å². The summed E-state index contributed by atoms with van der Waals surface area (Å²) in [6.07, 6.45) is 0. The van der Waals surface area contributed by atoms with Crippen molar-refractivity contribution in [1.29, 1.82) is 0 Å². The van der Waals surface area contributed by atoms with Crippen LogP contribution < -0.4 is 0 Å². The highest BCUT2D eigenvalue weighted by atomic mass is 15.0. The maximum atomic E-state index is 2.47. The molecule has 0 spiro atoms. The van der Waals surface area contributed by atoms with Gasteiger partial charge in [-0.05, 0) is 114 Å². The predicted octanol–water partition coefficient (Wildman–Crippen LogP) is 15.4. The summed E-state index contributed by atoms with van der Waals surface area (Å²) in [5, 5.41) is 12.8. The van der Waals surface area contributed by atoms with E-state index in [2.05, 4.69) is 218 Å². The Labute approximate surface area is 337 Å². The number of hydrogen-bond donors (Lipinski definition) is 0. The molecule has 0 bridgehead atoms. The zero-order chi connectivity index (χ0) is 38.7. The Bertz CT molecular complexity index is 3330. The van der Waals surface area contributed by atoms with E-state index in [1.165, 1.54) is 104 Å². The molecular formula is C56H40N2. The Balaban J connectivity index is 1.24. The largest absolute Gasteiger partial charge is 0.309 e. The van der Waals surface area contributed by atoms with E-state index in [1.54, 1.807) is 0 Å². The standard InChI is InChI=1S/C56H40N2/c1-56(2,3)39-29-36-25-27-46-48(35-15-5-4-6-16-35)34-49(47-28-26-37(30-39)54(36)55(46)47)38-31-40(57-50-21-11-7-17-42(50)43-18-8-12-22-51(43)57)33-41(32-38)58-52-23-13-9-19-44(52)45-20-10-14-24-53(45)58/h4-34H,1-3H3. The molecule has 274 valence electrons. The normalized spacial score (nSPS) is 12.4. The van der Waals surface area contributed by atoms with Crippen LogP contribution in [0.15, 0.2) is 188 Å². The molecular weight excluding hydrogens is 701 g/mol. The summed E-state index contributed by atoms with van der Waals surface area (Å²) >= 11 is 0. The molecule has 2 heteroatoms. The van der Waals surface area contributed by atoms with E-state index in [0.29, 0.717) is 0 Å². The van der Waals surface area contributed by atoms with Crippen LogP contribution in [0.2, 0.25) is 0 Å². The van der Waals surface area contributed by atoms with Gasteiger partial charge in [0, 0.05) is 32.9 Å². The zero-order valence-corrected chi connectivity index (χ0v) is 32.8. The number of hydrogen-bond acceptors (Lipinski definition) is 0. The summed E-state index contributed by atoms with van der Waals surface area (Å²) in [6.45, 7) is 6.93. The molecule has 0 amide bonds. The molecule has 2 aromatic heterocycles. The van der Waals surface area contributed by atoms with E-state index < -0.39 is 0 Å². The van der Waals surface area contributed by atoms with Gasteiger partial charge in [0.05, 0.1) is 22.1 Å². The number of fused-ring (bicyclic) bond motifs is 6. The lowest BCUT2D eigenvalue weighted by Gasteiger charge is -2.23. The third-order valence-electron chi connectivity index (χ3n) is 12.6. The van der Waals surface area contributed by atoms with Crippen molar-refractivity contribution in [2.24, 2.45) is 0 Å². The van der Waals surface area contributed by atoms with Crippen LogP contribution in [-0.4, -0.2) is 9.13 Å². The smallest absolute Gasteiger partial charge is 0.0541 e. The van der Waals surface area contributed by atoms with Gasteiger partial charge in [-0.15, -0.1) is 0 Å². The van der Waals surface area contributed by atoms with Gasteiger partial charge in [-0.2, -0.15) is 0 Å². The molecule has 0 fully saturated rings. The first-order chi connectivity index (χ1) is 28.4. The van der Waals surface area contributed by atoms with Gasteiger partial charge in [-0.3, -0.25) is 0 Å². The molecule has 58 heavy (non-hydrogen) atoms. The van der Waals surface area contributed by atoms with E-state index in [9.17, 15) is 0 Å². The van der Waals surface area contributed by atoms with Crippen molar-refractivity contribution >= 4 is 75.9 Å². The molecule has 0 saturated heterocycles. The number of benzene rings is 10. The minimum Gasteiger partial charge on any atom is -0.309 e. The van der Waals surface area contributed by atoms with Gasteiger partial charge in [-0.1, -0.05) is 160 Å². The summed E-state index contributed by atoms with van der Waals surface area (Å²) in [4.78, 5) is 0. The van der Waals surface area contributed by atoms with Crippen molar-refractivity contribution in [3.8, 4) is 33.6 Å². The quantitative estimate of drug-likeness (QED) is 0.159. The number of rotatable bonds is 4. The number of para-hydroxylation sites is 4. The van der Waals surface area contributed by atoms with E-state index in [1.807, 2.05) is 0 Å². The fraction of sp³-hybridized carbons (Fsp3) is 0.0714. The van der Waals surface area contributed by atoms with Crippen LogP contribution in [0.4, 0.5) is 0 Å². The zero-order valence-electron chi connectivity index (χ0n) is 32.8. The molecule has 0 unspecified atom stereocenters. The maximum absolute atomic E-state index is 2.47. The summed E-state index contributed by atoms with van der Waals surface area (Å²) in [7, 11) is 0. The Hall–Kier alpha value is -7.16. The molecule has 2 heterocycles. The predicted molar refractivity (Wildman–Crippen MR) is 248 cm³/mol. The van der Waals surface area contributed by atoms with E-state index >= 15 is 0 Å². The summed E-state index contributed by atoms with van der Waals surface area (Å²) in [5.41, 5.74) is 13.3. The van der Waals surface area contributed by atoms with Crippen LogP contribution in [0, 0.1) is 0 Å². The van der Waals surface area contributed by atoms with Gasteiger partial charge in [0.2, 0.25) is 0 Å². The third kappa shape index (κ3) is 4.79. The number of nitrogens with zero attached hydrogens (tertiary/aromatic N) is 2. The van der Waals surface area contributed by atoms with Crippen molar-refractivity contribution in [3.05, 3.63) is 194 Å². The minimum atomic E-state index is 0.0429. The SMILES string of the molecule is CC(C)(C)c1cc2ccc3c(-c4ccccc4)cc(-c4cc(-n5c6ccccc6c6ccccc65)cc(-n5c6ccccc6c6ccccc65)c4)c4ccc(c1)c2c34. The lowest BCUT2D eigenvalue weighted by molar-refractivity contribution is 0.591. The summed E-state index contributed by atoms with van der Waals surface area (Å²) in [6, 6.07) is 70.2. The van der Waals surface area contributed by atoms with Crippen LogP contribution in [0.5, 0.6) is 0 Å². The fourth-order valence-electron chi connectivity index (χ4n) is 9.85. The lowest BCUT2D eigenvalue weighted by atomic mass is 9.81. The third-order valence-corrected chi connectivity index (χ3v) is 12.6. The first-order valence-corrected chi connectivity index (χ1v) is 20.3. The van der Waals surface area contributed by atoms with Gasteiger partial charge in [0.1, 0.15) is 0 Å². The molecule has 0 atom stereocenters. The van der Waals surface area contributed by atoms with E-state index in [0.717, 1.165) is 11.4 Å². The topological polar surface area (TPSA) is 9.86 Å². The highest BCUT2D eigenvalue weighted by molar-refractivity contribution is 6.28. The van der Waals surface area contributed by atoms with Crippen molar-refractivity contribution in [1.82, 2.24) is 9.13 Å². The van der Waals surface area contributed by atoms with Gasteiger partial charge in [0.25, 0.3) is 0 Å². The first kappa shape index (κ1) is 33.0. The molecule has 2 nitrogen and oxygen atoms in total. The summed E-state index contributed by atoms with van der Waals surface area (Å²) < 4.78 is 4.93. The molecule has 0 aliphatic rings. The molecule has 12 rings (SSSR count). The molecule has 0 aliphatic carbocycles.